The van der Waals surface area contributed by atoms with Gasteiger partial charge in [0.1, 0.15) is 0 Å². The van der Waals surface area contributed by atoms with Crippen LogP contribution < -0.4 is 5.73 Å². The minimum Gasteiger partial charge on any atom is -0.366 e. The molecule has 1 rings (SSSR count). The van der Waals surface area contributed by atoms with E-state index in [0.29, 0.717) is 0 Å². The molecule has 0 unspecified atom stereocenters. The number of carbonyl (C=O) groups is 1. The fourth-order valence-corrected chi connectivity index (χ4v) is 1.09. The number of hydrogen-bond acceptors (Lipinski definition) is 1. The number of amides is 1. The second-order valence-electron chi connectivity index (χ2n) is 2.83. The number of primary amides is 1. The highest BCUT2D eigenvalue weighted by atomic mass is 16.1. The first-order valence-corrected chi connectivity index (χ1v) is 4.29. The Kier molecular flexibility index (Phi) is 3.76. The third kappa shape index (κ3) is 4.11. The van der Waals surface area contributed by atoms with Crippen LogP contribution in [0, 0.1) is 0 Å². The van der Waals surface area contributed by atoms with Gasteiger partial charge in [-0.05, 0) is 24.5 Å². The number of aryl methyl sites for hydroxylation is 1. The van der Waals surface area contributed by atoms with E-state index in [0.717, 1.165) is 12.8 Å². The van der Waals surface area contributed by atoms with Crippen LogP contribution in [-0.2, 0) is 11.2 Å². The monoisotopic (exact) mass is 175 g/mol. The van der Waals surface area contributed by atoms with Crippen LogP contribution in [0.3, 0.4) is 0 Å². The molecular formula is C11H13NO. The molecule has 68 valence electrons. The molecule has 0 fully saturated rings. The first kappa shape index (κ1) is 9.52. The van der Waals surface area contributed by atoms with Crippen LogP contribution in [0.4, 0.5) is 0 Å². The Morgan fingerprint density at radius 3 is 2.62 bits per heavy atom. The molecule has 0 spiro atoms. The van der Waals surface area contributed by atoms with Crippen molar-refractivity contribution >= 4 is 5.91 Å². The van der Waals surface area contributed by atoms with E-state index in [1.165, 1.54) is 11.6 Å². The van der Waals surface area contributed by atoms with Crippen molar-refractivity contribution in [2.45, 2.75) is 12.8 Å². The summed E-state index contributed by atoms with van der Waals surface area (Å²) >= 11 is 0. The zero-order valence-electron chi connectivity index (χ0n) is 7.44. The van der Waals surface area contributed by atoms with E-state index < -0.39 is 0 Å². The van der Waals surface area contributed by atoms with E-state index in [4.69, 9.17) is 5.73 Å². The SMILES string of the molecule is NC(=O)C=CCCc1ccccc1. The Morgan fingerprint density at radius 1 is 1.31 bits per heavy atom. The minimum absolute atomic E-state index is 0.381. The highest BCUT2D eigenvalue weighted by Gasteiger charge is 1.88. The van der Waals surface area contributed by atoms with Crippen LogP contribution in [0.2, 0.25) is 0 Å². The van der Waals surface area contributed by atoms with Gasteiger partial charge in [-0.25, -0.2) is 0 Å². The lowest BCUT2D eigenvalue weighted by molar-refractivity contribution is -0.113. The lowest BCUT2D eigenvalue weighted by Crippen LogP contribution is -2.05. The van der Waals surface area contributed by atoms with Gasteiger partial charge in [-0.1, -0.05) is 36.4 Å². The summed E-state index contributed by atoms with van der Waals surface area (Å²) < 4.78 is 0. The highest BCUT2D eigenvalue weighted by molar-refractivity contribution is 5.85. The molecule has 0 atom stereocenters. The molecule has 0 aromatic heterocycles. The second-order valence-corrected chi connectivity index (χ2v) is 2.83. The summed E-state index contributed by atoms with van der Waals surface area (Å²) in [4.78, 5) is 10.3. The summed E-state index contributed by atoms with van der Waals surface area (Å²) in [6.45, 7) is 0. The van der Waals surface area contributed by atoms with Crippen LogP contribution in [0.5, 0.6) is 0 Å². The van der Waals surface area contributed by atoms with E-state index in [1.807, 2.05) is 18.2 Å². The van der Waals surface area contributed by atoms with Crippen LogP contribution >= 0.6 is 0 Å². The Bertz CT molecular complexity index is 290. The molecule has 2 N–H and O–H groups in total. The van der Waals surface area contributed by atoms with Crippen LogP contribution in [-0.4, -0.2) is 5.91 Å². The number of carbonyl (C=O) groups excluding carboxylic acids is 1. The highest BCUT2D eigenvalue weighted by Crippen LogP contribution is 2.02. The van der Waals surface area contributed by atoms with Gasteiger partial charge in [-0.15, -0.1) is 0 Å². The molecule has 0 aliphatic carbocycles. The van der Waals surface area contributed by atoms with Crippen molar-refractivity contribution in [3.63, 3.8) is 0 Å². The first-order chi connectivity index (χ1) is 6.29. The van der Waals surface area contributed by atoms with Crippen LogP contribution in [0.1, 0.15) is 12.0 Å². The standard InChI is InChI=1S/C11H13NO/c12-11(13)9-5-4-8-10-6-2-1-3-7-10/h1-3,5-7,9H,4,8H2,(H2,12,13). The molecule has 1 aromatic carbocycles. The number of benzene rings is 1. The van der Waals surface area contributed by atoms with Crippen LogP contribution in [0.25, 0.3) is 0 Å². The van der Waals surface area contributed by atoms with Gasteiger partial charge in [0, 0.05) is 0 Å². The molecule has 2 heteroatoms. The molecule has 0 aliphatic rings. The average Bonchev–Trinajstić information content (AvgIpc) is 2.14. The maximum atomic E-state index is 10.3. The zero-order valence-corrected chi connectivity index (χ0v) is 7.44. The van der Waals surface area contributed by atoms with E-state index in [9.17, 15) is 4.79 Å². The summed E-state index contributed by atoms with van der Waals surface area (Å²) in [5.74, 6) is -0.381. The molecule has 13 heavy (non-hydrogen) atoms. The number of hydrogen-bond donors (Lipinski definition) is 1. The topological polar surface area (TPSA) is 43.1 Å². The van der Waals surface area contributed by atoms with Gasteiger partial charge in [0.05, 0.1) is 0 Å². The smallest absolute Gasteiger partial charge is 0.241 e. The molecule has 2 nitrogen and oxygen atoms in total. The average molecular weight is 175 g/mol. The molecule has 0 bridgehead atoms. The molecule has 0 radical (unpaired) electrons. The minimum atomic E-state index is -0.381. The fourth-order valence-electron chi connectivity index (χ4n) is 1.09. The molecule has 1 amide bonds. The number of rotatable bonds is 4. The Balaban J connectivity index is 2.32. The molecule has 0 heterocycles. The van der Waals surface area contributed by atoms with Gasteiger partial charge in [-0.3, -0.25) is 4.79 Å². The van der Waals surface area contributed by atoms with Crippen LogP contribution in [0.15, 0.2) is 42.5 Å². The summed E-state index contributed by atoms with van der Waals surface area (Å²) in [5.41, 5.74) is 6.22. The van der Waals surface area contributed by atoms with Gasteiger partial charge < -0.3 is 5.73 Å². The van der Waals surface area contributed by atoms with Gasteiger partial charge in [0.25, 0.3) is 0 Å². The van der Waals surface area contributed by atoms with Gasteiger partial charge in [0.2, 0.25) is 5.91 Å². The molecule has 0 aliphatic heterocycles. The van der Waals surface area contributed by atoms with Crippen molar-refractivity contribution in [2.75, 3.05) is 0 Å². The number of nitrogens with two attached hydrogens (primary N) is 1. The van der Waals surface area contributed by atoms with Crippen molar-refractivity contribution in [2.24, 2.45) is 5.73 Å². The summed E-state index contributed by atoms with van der Waals surface area (Å²) in [7, 11) is 0. The van der Waals surface area contributed by atoms with E-state index in [-0.39, 0.29) is 5.91 Å². The predicted molar refractivity (Wildman–Crippen MR) is 53.1 cm³/mol. The summed E-state index contributed by atoms with van der Waals surface area (Å²) in [5, 5.41) is 0. The third-order valence-electron chi connectivity index (χ3n) is 1.72. The Labute approximate surface area is 78.1 Å². The lowest BCUT2D eigenvalue weighted by Gasteiger charge is -1.95. The van der Waals surface area contributed by atoms with Crippen molar-refractivity contribution in [1.29, 1.82) is 0 Å². The van der Waals surface area contributed by atoms with E-state index in [2.05, 4.69) is 12.1 Å². The number of allylic oxidation sites excluding steroid dienone is 1. The predicted octanol–water partition coefficient (Wildman–Crippen LogP) is 1.66. The van der Waals surface area contributed by atoms with E-state index in [1.54, 1.807) is 6.08 Å². The largest absolute Gasteiger partial charge is 0.366 e. The molecule has 0 saturated heterocycles. The summed E-state index contributed by atoms with van der Waals surface area (Å²) in [6, 6.07) is 10.1. The van der Waals surface area contributed by atoms with Crippen molar-refractivity contribution < 1.29 is 4.79 Å². The fraction of sp³-hybridized carbons (Fsp3) is 0.182. The molecule has 0 saturated carbocycles. The lowest BCUT2D eigenvalue weighted by atomic mass is 10.1. The maximum absolute atomic E-state index is 10.3. The Morgan fingerprint density at radius 2 is 2.00 bits per heavy atom. The van der Waals surface area contributed by atoms with Gasteiger partial charge in [-0.2, -0.15) is 0 Å². The normalized spacial score (nSPS) is 10.5. The maximum Gasteiger partial charge on any atom is 0.241 e. The summed E-state index contributed by atoms with van der Waals surface area (Å²) in [6.07, 6.45) is 5.01. The van der Waals surface area contributed by atoms with Crippen molar-refractivity contribution in [3.8, 4) is 0 Å². The van der Waals surface area contributed by atoms with Crippen molar-refractivity contribution in [3.05, 3.63) is 48.0 Å². The van der Waals surface area contributed by atoms with Gasteiger partial charge in [0.15, 0.2) is 0 Å². The third-order valence-corrected chi connectivity index (χ3v) is 1.72. The zero-order chi connectivity index (χ0) is 9.52. The van der Waals surface area contributed by atoms with Gasteiger partial charge >= 0.3 is 0 Å². The van der Waals surface area contributed by atoms with Crippen molar-refractivity contribution in [1.82, 2.24) is 0 Å². The quantitative estimate of drug-likeness (QED) is 0.695. The Hall–Kier alpha value is -1.57. The molecule has 1 aromatic rings. The first-order valence-electron chi connectivity index (χ1n) is 4.29. The second kappa shape index (κ2) is 5.14. The van der Waals surface area contributed by atoms with E-state index >= 15 is 0 Å². The molecular weight excluding hydrogens is 162 g/mol.